The summed E-state index contributed by atoms with van der Waals surface area (Å²) < 4.78 is 2.37. The van der Waals surface area contributed by atoms with Gasteiger partial charge in [0.15, 0.2) is 0 Å². The minimum absolute atomic E-state index is 0.954. The molecule has 7 aromatic carbocycles. The summed E-state index contributed by atoms with van der Waals surface area (Å²) in [7, 11) is 0. The fourth-order valence-corrected chi connectivity index (χ4v) is 12.4. The molecule has 0 bridgehead atoms. The summed E-state index contributed by atoms with van der Waals surface area (Å²) in [5.41, 5.74) is 4.10. The molecule has 230 valence electrons. The molecule has 0 saturated carbocycles. The molecule has 0 atom stereocenters. The van der Waals surface area contributed by atoms with Gasteiger partial charge in [-0.2, -0.15) is 0 Å². The van der Waals surface area contributed by atoms with E-state index < -0.39 is 5.51 Å². The number of hydrogen-bond donors (Lipinski definition) is 0. The van der Waals surface area contributed by atoms with Gasteiger partial charge in [-0.05, 0) is 0 Å². The van der Waals surface area contributed by atoms with Crippen LogP contribution in [0.25, 0.3) is 71.2 Å². The standard InChI is InChI=1S/C44H28N3PSe/c49-48(33-14-3-1-4-15-33,34-16-5-2-6-17-34)35-21-24-41-38(27-35)37-22-19-29-11-9-10-18-36(29)43(37)44-46-39-23-20-31(26-42(39)47(41)44)40-25-30-12-7-8-13-32(30)28-45-40/h1-28H. The molecule has 0 amide bonds. The van der Waals surface area contributed by atoms with E-state index in [1.807, 2.05) is 6.20 Å². The van der Waals surface area contributed by atoms with Crippen molar-refractivity contribution in [1.82, 2.24) is 14.4 Å². The van der Waals surface area contributed by atoms with E-state index in [1.54, 1.807) is 0 Å². The number of aromatic nitrogens is 3. The molecule has 10 rings (SSSR count). The number of nitrogens with zero attached hydrogens (tertiary/aromatic N) is 3. The van der Waals surface area contributed by atoms with E-state index in [-0.39, 0.29) is 0 Å². The second-order valence-corrected chi connectivity index (χ2v) is 18.8. The fraction of sp³-hybridized carbons (Fsp3) is 0. The Bertz CT molecular complexity index is 2930. The average Bonchev–Trinajstić information content (AvgIpc) is 3.56. The van der Waals surface area contributed by atoms with Gasteiger partial charge in [0.1, 0.15) is 0 Å². The Balaban J connectivity index is 1.32. The van der Waals surface area contributed by atoms with Crippen LogP contribution in [0.4, 0.5) is 0 Å². The summed E-state index contributed by atoms with van der Waals surface area (Å²) in [6.07, 6.45) is 1.97. The Morgan fingerprint density at radius 2 is 1.18 bits per heavy atom. The van der Waals surface area contributed by atoms with Crippen molar-refractivity contribution in [1.29, 1.82) is 0 Å². The molecule has 0 N–H and O–H groups in total. The Morgan fingerprint density at radius 1 is 0.490 bits per heavy atom. The van der Waals surface area contributed by atoms with E-state index >= 15 is 0 Å². The van der Waals surface area contributed by atoms with Crippen LogP contribution in [0.2, 0.25) is 0 Å². The zero-order valence-electron chi connectivity index (χ0n) is 26.4. The first kappa shape index (κ1) is 28.6. The maximum absolute atomic E-state index is 5.34. The summed E-state index contributed by atoms with van der Waals surface area (Å²) in [4.78, 5) is 10.2. The number of fused-ring (bicyclic) bond motifs is 11. The number of benzene rings is 7. The molecular formula is C44H28N3PSe. The van der Waals surface area contributed by atoms with Gasteiger partial charge in [-0.15, -0.1) is 0 Å². The van der Waals surface area contributed by atoms with E-state index in [2.05, 4.69) is 183 Å². The molecule has 0 unspecified atom stereocenters. The van der Waals surface area contributed by atoms with Crippen LogP contribution < -0.4 is 15.9 Å². The van der Waals surface area contributed by atoms with Gasteiger partial charge in [-0.3, -0.25) is 0 Å². The van der Waals surface area contributed by atoms with Gasteiger partial charge < -0.3 is 0 Å². The summed E-state index contributed by atoms with van der Waals surface area (Å²) >= 11 is 3.77. The van der Waals surface area contributed by atoms with Gasteiger partial charge >= 0.3 is 262 Å². The monoisotopic (exact) mass is 709 g/mol. The fourth-order valence-electron chi connectivity index (χ4n) is 7.48. The van der Waals surface area contributed by atoms with E-state index in [4.69, 9.17) is 9.97 Å². The van der Waals surface area contributed by atoms with Gasteiger partial charge in [0.25, 0.3) is 0 Å². The topological polar surface area (TPSA) is 30.2 Å². The van der Waals surface area contributed by atoms with E-state index in [9.17, 15) is 0 Å². The van der Waals surface area contributed by atoms with Gasteiger partial charge in [-0.25, -0.2) is 0 Å². The van der Waals surface area contributed by atoms with Gasteiger partial charge in [0, 0.05) is 5.39 Å². The predicted octanol–water partition coefficient (Wildman–Crippen LogP) is 9.54. The van der Waals surface area contributed by atoms with Crippen molar-refractivity contribution in [2.24, 2.45) is 0 Å². The van der Waals surface area contributed by atoms with E-state index in [0.29, 0.717) is 0 Å². The summed E-state index contributed by atoms with van der Waals surface area (Å²) in [6.45, 7) is 0. The quantitative estimate of drug-likeness (QED) is 0.104. The third kappa shape index (κ3) is 4.39. The molecule has 49 heavy (non-hydrogen) atoms. The Kier molecular flexibility index (Phi) is 6.48. The second-order valence-electron chi connectivity index (χ2n) is 12.6. The van der Waals surface area contributed by atoms with Crippen molar-refractivity contribution in [3.8, 4) is 11.3 Å². The molecule has 0 spiro atoms. The number of pyridine rings is 2. The summed E-state index contributed by atoms with van der Waals surface area (Å²) in [6, 6.07) is 59.3. The summed E-state index contributed by atoms with van der Waals surface area (Å²) in [5, 5.41) is 12.3. The molecule has 5 heteroatoms. The third-order valence-electron chi connectivity index (χ3n) is 9.85. The van der Waals surface area contributed by atoms with Crippen LogP contribution in [0, 0.1) is 0 Å². The van der Waals surface area contributed by atoms with Crippen LogP contribution in [-0.4, -0.2) is 29.5 Å². The van der Waals surface area contributed by atoms with Crippen LogP contribution in [0.5, 0.6) is 0 Å². The van der Waals surface area contributed by atoms with Crippen molar-refractivity contribution < 1.29 is 0 Å². The molecule has 0 aliphatic heterocycles. The first-order valence-electron chi connectivity index (χ1n) is 16.4. The number of rotatable bonds is 4. The normalized spacial score (nSPS) is 12.2. The summed E-state index contributed by atoms with van der Waals surface area (Å²) in [5.74, 6) is 0. The second kappa shape index (κ2) is 11.1. The van der Waals surface area contributed by atoms with E-state index in [0.717, 1.165) is 38.8 Å². The third-order valence-corrected chi connectivity index (χ3v) is 16.9. The molecule has 10 aromatic rings. The van der Waals surface area contributed by atoms with Crippen molar-refractivity contribution in [3.05, 3.63) is 170 Å². The molecule has 3 aromatic heterocycles. The van der Waals surface area contributed by atoms with Crippen molar-refractivity contribution in [2.75, 3.05) is 0 Å². The molecule has 0 fully saturated rings. The molecular weight excluding hydrogens is 680 g/mol. The molecule has 0 aliphatic rings. The number of hydrogen-bond acceptors (Lipinski definition) is 2. The molecule has 0 saturated heterocycles. The first-order valence-corrected chi connectivity index (χ1v) is 20.4. The maximum atomic E-state index is 5.34. The van der Waals surface area contributed by atoms with Gasteiger partial charge in [0.05, 0.1) is 0 Å². The molecule has 0 aliphatic carbocycles. The zero-order chi connectivity index (χ0) is 32.5. The van der Waals surface area contributed by atoms with Crippen LogP contribution in [0.3, 0.4) is 0 Å². The SMILES string of the molecule is [Se]=P(c1ccccc1)(c1ccccc1)c1ccc2c(c1)c1ccc3ccccc3c1c1nc3ccc(-c4cc5ccccc5cn4)cc3n21. The number of imidazole rings is 1. The van der Waals surface area contributed by atoms with Crippen molar-refractivity contribution >= 4 is 96.4 Å². The van der Waals surface area contributed by atoms with Gasteiger partial charge in [-0.1, -0.05) is 24.3 Å². The van der Waals surface area contributed by atoms with Crippen LogP contribution in [-0.2, 0) is 0 Å². The van der Waals surface area contributed by atoms with Crippen LogP contribution >= 0.6 is 5.51 Å². The Labute approximate surface area is 290 Å². The predicted molar refractivity (Wildman–Crippen MR) is 210 cm³/mol. The first-order chi connectivity index (χ1) is 24.2. The Hall–Kier alpha value is -5.37. The van der Waals surface area contributed by atoms with Crippen molar-refractivity contribution in [3.63, 3.8) is 0 Å². The Morgan fingerprint density at radius 3 is 1.96 bits per heavy atom. The van der Waals surface area contributed by atoms with Crippen LogP contribution in [0.1, 0.15) is 0 Å². The van der Waals surface area contributed by atoms with Gasteiger partial charge in [0.2, 0.25) is 0 Å². The molecule has 3 heterocycles. The van der Waals surface area contributed by atoms with E-state index in [1.165, 1.54) is 48.2 Å². The minimum atomic E-state index is -2.08. The molecule has 3 nitrogen and oxygen atoms in total. The zero-order valence-corrected chi connectivity index (χ0v) is 29.0. The molecule has 0 radical (unpaired) electrons. The van der Waals surface area contributed by atoms with Crippen molar-refractivity contribution in [2.45, 2.75) is 0 Å². The van der Waals surface area contributed by atoms with Crippen LogP contribution in [0.15, 0.2) is 170 Å². The average molecular weight is 709 g/mol.